The molecule has 3 nitrogen and oxygen atoms in total. The van der Waals surface area contributed by atoms with Gasteiger partial charge in [0.25, 0.3) is 0 Å². The molecule has 1 unspecified atom stereocenters. The third-order valence-electron chi connectivity index (χ3n) is 3.91. The Hall–Kier alpha value is -0.120. The molecule has 1 atom stereocenters. The Bertz CT molecular complexity index is 202. The van der Waals surface area contributed by atoms with E-state index in [2.05, 4.69) is 24.1 Å². The molecule has 2 aliphatic rings. The molecule has 2 rings (SSSR count). The summed E-state index contributed by atoms with van der Waals surface area (Å²) in [5.41, 5.74) is 0. The minimum absolute atomic E-state index is 0.550. The molecule has 1 aliphatic heterocycles. The van der Waals surface area contributed by atoms with E-state index >= 15 is 0 Å². The molecular weight excluding hydrogens is 200 g/mol. The summed E-state index contributed by atoms with van der Waals surface area (Å²) in [7, 11) is 0. The van der Waals surface area contributed by atoms with Gasteiger partial charge in [0.2, 0.25) is 0 Å². The quantitative estimate of drug-likeness (QED) is 0.771. The van der Waals surface area contributed by atoms with Crippen LogP contribution in [-0.2, 0) is 4.74 Å². The van der Waals surface area contributed by atoms with Crippen molar-refractivity contribution in [2.24, 2.45) is 0 Å². The molecule has 0 radical (unpaired) electrons. The number of rotatable bonds is 5. The van der Waals surface area contributed by atoms with E-state index in [4.69, 9.17) is 4.74 Å². The van der Waals surface area contributed by atoms with E-state index < -0.39 is 0 Å². The lowest BCUT2D eigenvalue weighted by atomic mass is 9.87. The second-order valence-electron chi connectivity index (χ2n) is 5.14. The minimum atomic E-state index is 0.550. The molecule has 94 valence electrons. The second-order valence-corrected chi connectivity index (χ2v) is 5.14. The third-order valence-corrected chi connectivity index (χ3v) is 3.91. The van der Waals surface area contributed by atoms with Gasteiger partial charge in [0, 0.05) is 38.3 Å². The lowest BCUT2D eigenvalue weighted by Gasteiger charge is -2.46. The molecule has 0 spiro atoms. The van der Waals surface area contributed by atoms with Crippen LogP contribution in [0.3, 0.4) is 0 Å². The van der Waals surface area contributed by atoms with Gasteiger partial charge >= 0.3 is 0 Å². The average molecular weight is 226 g/mol. The highest BCUT2D eigenvalue weighted by Gasteiger charge is 2.35. The van der Waals surface area contributed by atoms with Gasteiger partial charge in [0.05, 0.1) is 6.10 Å². The largest absolute Gasteiger partial charge is 0.378 e. The number of hydrogen-bond donors (Lipinski definition) is 1. The van der Waals surface area contributed by atoms with E-state index in [0.717, 1.165) is 18.7 Å². The maximum absolute atomic E-state index is 5.63. The van der Waals surface area contributed by atoms with Crippen LogP contribution in [0.1, 0.15) is 39.5 Å². The molecule has 3 heteroatoms. The van der Waals surface area contributed by atoms with Gasteiger partial charge in [-0.15, -0.1) is 0 Å². The van der Waals surface area contributed by atoms with Crippen LogP contribution in [0, 0.1) is 0 Å². The maximum Gasteiger partial charge on any atom is 0.0604 e. The van der Waals surface area contributed by atoms with Crippen molar-refractivity contribution in [1.82, 2.24) is 10.2 Å². The van der Waals surface area contributed by atoms with Gasteiger partial charge in [-0.1, -0.05) is 13.3 Å². The summed E-state index contributed by atoms with van der Waals surface area (Å²) in [6.45, 7) is 8.88. The molecule has 0 amide bonds. The van der Waals surface area contributed by atoms with E-state index in [1.165, 1.54) is 45.3 Å². The summed E-state index contributed by atoms with van der Waals surface area (Å²) < 4.78 is 5.63. The van der Waals surface area contributed by atoms with E-state index in [1.54, 1.807) is 0 Å². The van der Waals surface area contributed by atoms with Crippen molar-refractivity contribution in [3.05, 3.63) is 0 Å². The molecule has 16 heavy (non-hydrogen) atoms. The highest BCUT2D eigenvalue weighted by molar-refractivity contribution is 4.91. The van der Waals surface area contributed by atoms with Crippen LogP contribution in [0.15, 0.2) is 0 Å². The van der Waals surface area contributed by atoms with Gasteiger partial charge in [-0.3, -0.25) is 4.90 Å². The highest BCUT2D eigenvalue weighted by atomic mass is 16.5. The van der Waals surface area contributed by atoms with Crippen molar-refractivity contribution in [3.63, 3.8) is 0 Å². The van der Waals surface area contributed by atoms with Crippen molar-refractivity contribution in [2.75, 3.05) is 26.2 Å². The Labute approximate surface area is 99.5 Å². The standard InChI is InChI=1S/C13H26N2O/c1-3-5-11-10-15(7-6-14-11)12-8-13(9-12)16-4-2/h11-14H,3-10H2,1-2H3. The molecule has 0 bridgehead atoms. The average Bonchev–Trinajstić information content (AvgIpc) is 2.24. The van der Waals surface area contributed by atoms with E-state index in [1.807, 2.05) is 0 Å². The zero-order chi connectivity index (χ0) is 11.4. The number of nitrogens with one attached hydrogen (secondary N) is 1. The first kappa shape index (κ1) is 12.3. The number of ether oxygens (including phenoxy) is 1. The first-order valence-corrected chi connectivity index (χ1v) is 6.92. The van der Waals surface area contributed by atoms with Gasteiger partial charge in [-0.05, 0) is 26.2 Å². The van der Waals surface area contributed by atoms with Crippen molar-refractivity contribution in [1.29, 1.82) is 0 Å². The van der Waals surface area contributed by atoms with Crippen LogP contribution in [-0.4, -0.2) is 49.3 Å². The molecular formula is C13H26N2O. The van der Waals surface area contributed by atoms with Crippen LogP contribution in [0.2, 0.25) is 0 Å². The topological polar surface area (TPSA) is 24.5 Å². The van der Waals surface area contributed by atoms with E-state index in [-0.39, 0.29) is 0 Å². The first-order chi connectivity index (χ1) is 7.83. The summed E-state index contributed by atoms with van der Waals surface area (Å²) in [5, 5.41) is 3.62. The lowest BCUT2D eigenvalue weighted by molar-refractivity contribution is -0.0524. The molecule has 1 heterocycles. The number of nitrogens with zero attached hydrogens (tertiary/aromatic N) is 1. The predicted molar refractivity (Wildman–Crippen MR) is 66.7 cm³/mol. The summed E-state index contributed by atoms with van der Waals surface area (Å²) in [6, 6.07) is 1.53. The van der Waals surface area contributed by atoms with Gasteiger partial charge in [0.15, 0.2) is 0 Å². The number of piperazine rings is 1. The molecule has 1 N–H and O–H groups in total. The minimum Gasteiger partial charge on any atom is -0.378 e. The molecule has 1 saturated carbocycles. The molecule has 0 aromatic heterocycles. The van der Waals surface area contributed by atoms with Crippen molar-refractivity contribution in [2.45, 2.75) is 57.7 Å². The van der Waals surface area contributed by atoms with Gasteiger partial charge in [-0.25, -0.2) is 0 Å². The summed E-state index contributed by atoms with van der Waals surface area (Å²) in [4.78, 5) is 2.67. The van der Waals surface area contributed by atoms with Gasteiger partial charge in [-0.2, -0.15) is 0 Å². The number of hydrogen-bond acceptors (Lipinski definition) is 3. The Balaban J connectivity index is 1.70. The van der Waals surface area contributed by atoms with Crippen molar-refractivity contribution in [3.8, 4) is 0 Å². The van der Waals surface area contributed by atoms with Crippen LogP contribution < -0.4 is 5.32 Å². The van der Waals surface area contributed by atoms with Gasteiger partial charge < -0.3 is 10.1 Å². The zero-order valence-corrected chi connectivity index (χ0v) is 10.7. The fourth-order valence-electron chi connectivity index (χ4n) is 2.93. The van der Waals surface area contributed by atoms with Crippen LogP contribution in [0.4, 0.5) is 0 Å². The van der Waals surface area contributed by atoms with Crippen molar-refractivity contribution < 1.29 is 4.74 Å². The van der Waals surface area contributed by atoms with Crippen LogP contribution in [0.25, 0.3) is 0 Å². The van der Waals surface area contributed by atoms with Crippen LogP contribution in [0.5, 0.6) is 0 Å². The smallest absolute Gasteiger partial charge is 0.0604 e. The Morgan fingerprint density at radius 3 is 2.81 bits per heavy atom. The molecule has 1 saturated heterocycles. The SMILES string of the molecule is CCCC1CN(C2CC(OCC)C2)CCN1. The Morgan fingerprint density at radius 2 is 2.12 bits per heavy atom. The Kier molecular flexibility index (Phi) is 4.62. The van der Waals surface area contributed by atoms with E-state index in [0.29, 0.717) is 6.10 Å². The monoisotopic (exact) mass is 226 g/mol. The fraction of sp³-hybridized carbons (Fsp3) is 1.00. The lowest BCUT2D eigenvalue weighted by Crippen LogP contribution is -2.58. The summed E-state index contributed by atoms with van der Waals surface area (Å²) in [6.07, 6.45) is 5.67. The normalized spacial score (nSPS) is 36.0. The second kappa shape index (κ2) is 5.99. The molecule has 2 fully saturated rings. The van der Waals surface area contributed by atoms with E-state index in [9.17, 15) is 0 Å². The fourth-order valence-corrected chi connectivity index (χ4v) is 2.93. The molecule has 1 aliphatic carbocycles. The zero-order valence-electron chi connectivity index (χ0n) is 10.7. The molecule has 0 aromatic rings. The maximum atomic E-state index is 5.63. The van der Waals surface area contributed by atoms with Crippen LogP contribution >= 0.6 is 0 Å². The highest BCUT2D eigenvalue weighted by Crippen LogP contribution is 2.29. The Morgan fingerprint density at radius 1 is 1.31 bits per heavy atom. The predicted octanol–water partition coefficient (Wildman–Crippen LogP) is 1.63. The van der Waals surface area contributed by atoms with Crippen molar-refractivity contribution >= 4 is 0 Å². The third kappa shape index (κ3) is 2.96. The summed E-state index contributed by atoms with van der Waals surface area (Å²) in [5.74, 6) is 0. The molecule has 0 aromatic carbocycles. The summed E-state index contributed by atoms with van der Waals surface area (Å²) >= 11 is 0. The van der Waals surface area contributed by atoms with Gasteiger partial charge in [0.1, 0.15) is 0 Å². The first-order valence-electron chi connectivity index (χ1n) is 6.92.